The Hall–Kier alpha value is -1.19. The van der Waals surface area contributed by atoms with Crippen LogP contribution in [0.1, 0.15) is 74.7 Å². The Bertz CT molecular complexity index is 661. The van der Waals surface area contributed by atoms with Crippen molar-refractivity contribution in [1.29, 1.82) is 0 Å². The van der Waals surface area contributed by atoms with Crippen LogP contribution in [0.15, 0.2) is 0 Å². The molecule has 0 radical (unpaired) electrons. The highest BCUT2D eigenvalue weighted by molar-refractivity contribution is 7.87. The number of carbonyl (C=O) groups excluding carboxylic acids is 2. The second-order valence-electron chi connectivity index (χ2n) is 8.96. The van der Waals surface area contributed by atoms with Gasteiger partial charge in [-0.3, -0.25) is 9.35 Å². The summed E-state index contributed by atoms with van der Waals surface area (Å²) in [6.45, 7) is 12.9. The molecule has 166 valence electrons. The highest BCUT2D eigenvalue weighted by Crippen LogP contribution is 2.35. The van der Waals surface area contributed by atoms with Gasteiger partial charge in [-0.1, -0.05) is 27.7 Å². The first-order chi connectivity index (χ1) is 12.4. The van der Waals surface area contributed by atoms with Crippen LogP contribution in [0.2, 0.25) is 0 Å². The van der Waals surface area contributed by atoms with Crippen LogP contribution in [0.4, 0.5) is 0 Å². The molecule has 0 aliphatic heterocycles. The van der Waals surface area contributed by atoms with Crippen LogP contribution in [0.25, 0.3) is 0 Å². The van der Waals surface area contributed by atoms with Gasteiger partial charge in [-0.05, 0) is 45.4 Å². The Morgan fingerprint density at radius 3 is 1.75 bits per heavy atom. The van der Waals surface area contributed by atoms with Gasteiger partial charge in [0, 0.05) is 6.92 Å². The minimum Gasteiger partial charge on any atom is -0.464 e. The summed E-state index contributed by atoms with van der Waals surface area (Å²) in [5, 5.41) is 0. The molecule has 8 nitrogen and oxygen atoms in total. The molecule has 0 aromatic rings. The topological polar surface area (TPSA) is 116 Å². The summed E-state index contributed by atoms with van der Waals surface area (Å²) >= 11 is 0. The van der Waals surface area contributed by atoms with Gasteiger partial charge in [0.1, 0.15) is 0 Å². The molecule has 1 unspecified atom stereocenters. The van der Waals surface area contributed by atoms with Crippen molar-refractivity contribution in [3.05, 3.63) is 0 Å². The quantitative estimate of drug-likeness (QED) is 0.305. The summed E-state index contributed by atoms with van der Waals surface area (Å²) in [6, 6.07) is 0. The van der Waals surface area contributed by atoms with Gasteiger partial charge in [-0.15, -0.1) is 0 Å². The summed E-state index contributed by atoms with van der Waals surface area (Å²) in [5.74, 6) is -3.43. The molecule has 0 saturated heterocycles. The molecule has 0 aromatic carbocycles. The lowest BCUT2D eigenvalue weighted by Gasteiger charge is -2.37. The molecular weight excluding hydrogens is 388 g/mol. The molecule has 28 heavy (non-hydrogen) atoms. The Morgan fingerprint density at radius 2 is 1.39 bits per heavy atom. The minimum absolute atomic E-state index is 0.0473. The monoisotopic (exact) mass is 424 g/mol. The van der Waals surface area contributed by atoms with Gasteiger partial charge in [0.25, 0.3) is 10.1 Å². The van der Waals surface area contributed by atoms with Crippen LogP contribution < -0.4 is 0 Å². The highest BCUT2D eigenvalue weighted by atomic mass is 32.2. The molecule has 1 N–H and O–H groups in total. The van der Waals surface area contributed by atoms with E-state index in [1.807, 2.05) is 13.8 Å². The van der Waals surface area contributed by atoms with E-state index in [2.05, 4.69) is 0 Å². The lowest BCUT2D eigenvalue weighted by molar-refractivity contribution is -0.247. The molecule has 0 saturated carbocycles. The van der Waals surface area contributed by atoms with E-state index in [4.69, 9.17) is 14.2 Å². The number of hydrogen-bond donors (Lipinski definition) is 1. The predicted octanol–water partition coefficient (Wildman–Crippen LogP) is 3.34. The average molecular weight is 425 g/mol. The van der Waals surface area contributed by atoms with Crippen LogP contribution in [0.3, 0.4) is 0 Å². The number of hydrogen-bond acceptors (Lipinski definition) is 7. The predicted molar refractivity (Wildman–Crippen MR) is 105 cm³/mol. The van der Waals surface area contributed by atoms with E-state index in [1.54, 1.807) is 20.8 Å². The van der Waals surface area contributed by atoms with E-state index in [9.17, 15) is 22.6 Å². The van der Waals surface area contributed by atoms with Gasteiger partial charge < -0.3 is 14.2 Å². The van der Waals surface area contributed by atoms with Crippen LogP contribution >= 0.6 is 0 Å². The summed E-state index contributed by atoms with van der Waals surface area (Å²) in [4.78, 5) is 24.9. The molecule has 0 aliphatic rings. The summed E-state index contributed by atoms with van der Waals surface area (Å²) in [5.41, 5.74) is -1.54. The Morgan fingerprint density at radius 1 is 0.929 bits per heavy atom. The first-order valence-corrected chi connectivity index (χ1v) is 10.8. The zero-order valence-electron chi connectivity index (χ0n) is 18.5. The van der Waals surface area contributed by atoms with Crippen molar-refractivity contribution in [2.75, 3.05) is 13.7 Å². The Labute approximate surface area is 169 Å². The molecule has 0 rings (SSSR count). The lowest BCUT2D eigenvalue weighted by atomic mass is 9.84. The maximum Gasteiger partial charge on any atom is 0.379 e. The summed E-state index contributed by atoms with van der Waals surface area (Å²) < 4.78 is 47.0. The second kappa shape index (κ2) is 9.09. The van der Waals surface area contributed by atoms with Crippen molar-refractivity contribution < 1.29 is 36.8 Å². The van der Waals surface area contributed by atoms with Gasteiger partial charge in [0.05, 0.1) is 23.9 Å². The second-order valence-corrected chi connectivity index (χ2v) is 11.0. The molecule has 0 fully saturated rings. The Kier molecular flexibility index (Phi) is 8.70. The molecule has 0 spiro atoms. The van der Waals surface area contributed by atoms with E-state index in [-0.39, 0.29) is 13.0 Å². The molecule has 0 heterocycles. The van der Waals surface area contributed by atoms with Crippen molar-refractivity contribution in [1.82, 2.24) is 0 Å². The Balaban J connectivity index is 5.51. The standard InChI is InChI=1S/C19H36O8S/c1-10-18(7,11-2)14(20)27-19(8,15(21)25-9)26-13-16(3,4)12-17(5,6)28(22,23)24/h10-13H2,1-9H3,(H,22,23,24). The van der Waals surface area contributed by atoms with E-state index < -0.39 is 43.4 Å². The van der Waals surface area contributed by atoms with Crippen LogP contribution in [-0.2, 0) is 33.9 Å². The van der Waals surface area contributed by atoms with Gasteiger partial charge in [-0.2, -0.15) is 8.42 Å². The summed E-state index contributed by atoms with van der Waals surface area (Å²) in [6.07, 6.45) is 1.09. The zero-order chi connectivity index (χ0) is 22.6. The first kappa shape index (κ1) is 26.8. The van der Waals surface area contributed by atoms with Crippen LogP contribution in [0, 0.1) is 10.8 Å². The molecule has 1 atom stereocenters. The number of methoxy groups -OCH3 is 1. The van der Waals surface area contributed by atoms with Crippen molar-refractivity contribution >= 4 is 22.1 Å². The molecule has 9 heteroatoms. The highest BCUT2D eigenvalue weighted by Gasteiger charge is 2.46. The third kappa shape index (κ3) is 6.70. The number of esters is 2. The van der Waals surface area contributed by atoms with Gasteiger partial charge in [0.2, 0.25) is 0 Å². The van der Waals surface area contributed by atoms with Crippen molar-refractivity contribution in [2.45, 2.75) is 85.2 Å². The van der Waals surface area contributed by atoms with Crippen LogP contribution in [0.5, 0.6) is 0 Å². The van der Waals surface area contributed by atoms with Gasteiger partial charge in [0.15, 0.2) is 0 Å². The first-order valence-electron chi connectivity index (χ1n) is 9.32. The average Bonchev–Trinajstić information content (AvgIpc) is 2.56. The summed E-state index contributed by atoms with van der Waals surface area (Å²) in [7, 11) is -3.13. The van der Waals surface area contributed by atoms with Crippen molar-refractivity contribution in [3.63, 3.8) is 0 Å². The molecule has 0 amide bonds. The third-order valence-corrected chi connectivity index (χ3v) is 6.78. The van der Waals surface area contributed by atoms with E-state index >= 15 is 0 Å². The lowest BCUT2D eigenvalue weighted by Crippen LogP contribution is -2.49. The fraction of sp³-hybridized carbons (Fsp3) is 0.895. The largest absolute Gasteiger partial charge is 0.464 e. The van der Waals surface area contributed by atoms with E-state index in [0.29, 0.717) is 12.8 Å². The number of ether oxygens (including phenoxy) is 3. The van der Waals surface area contributed by atoms with Crippen molar-refractivity contribution in [3.8, 4) is 0 Å². The van der Waals surface area contributed by atoms with Gasteiger partial charge >= 0.3 is 17.7 Å². The number of rotatable bonds is 11. The molecule has 0 aliphatic carbocycles. The molecular formula is C19H36O8S. The molecule has 0 bridgehead atoms. The normalized spacial score (nSPS) is 15.6. The number of carbonyl (C=O) groups is 2. The molecule has 0 aromatic heterocycles. The van der Waals surface area contributed by atoms with Crippen LogP contribution in [-0.4, -0.2) is 49.2 Å². The fourth-order valence-electron chi connectivity index (χ4n) is 2.78. The smallest absolute Gasteiger partial charge is 0.379 e. The van der Waals surface area contributed by atoms with Crippen molar-refractivity contribution in [2.24, 2.45) is 10.8 Å². The van der Waals surface area contributed by atoms with E-state index in [0.717, 1.165) is 7.11 Å². The maximum atomic E-state index is 12.6. The van der Waals surface area contributed by atoms with Gasteiger partial charge in [-0.25, -0.2) is 4.79 Å². The maximum absolute atomic E-state index is 12.6. The minimum atomic E-state index is -4.29. The zero-order valence-corrected chi connectivity index (χ0v) is 19.4. The fourth-order valence-corrected chi connectivity index (χ4v) is 3.36. The SMILES string of the molecule is CCC(C)(CC)C(=O)OC(C)(OCC(C)(C)CC(C)(C)S(=O)(=O)O)C(=O)OC. The van der Waals surface area contributed by atoms with E-state index in [1.165, 1.54) is 20.8 Å². The third-order valence-electron chi connectivity index (χ3n) is 5.24.